The average Bonchev–Trinajstić information content (AvgIpc) is 2.45. The summed E-state index contributed by atoms with van der Waals surface area (Å²) in [6, 6.07) is 7.63. The van der Waals surface area contributed by atoms with E-state index in [0.717, 1.165) is 5.39 Å². The van der Waals surface area contributed by atoms with E-state index in [1.807, 2.05) is 13.0 Å². The van der Waals surface area contributed by atoms with Crippen LogP contribution in [0.15, 0.2) is 30.3 Å². The molecule has 6 heteroatoms. The number of benzene rings is 1. The molecule has 1 atom stereocenters. The number of nitrogens with zero attached hydrogens (tertiary/aromatic N) is 1. The summed E-state index contributed by atoms with van der Waals surface area (Å²) in [5, 5.41) is 12.9. The molecule has 0 aliphatic heterocycles. The van der Waals surface area contributed by atoms with Crippen LogP contribution in [0.1, 0.15) is 30.3 Å². The first-order chi connectivity index (χ1) is 10.0. The van der Waals surface area contributed by atoms with Gasteiger partial charge in [-0.3, -0.25) is 4.79 Å². The molecule has 0 aliphatic rings. The number of halogens is 1. The highest BCUT2D eigenvalue weighted by Crippen LogP contribution is 2.18. The van der Waals surface area contributed by atoms with Crippen LogP contribution < -0.4 is 5.32 Å². The molecule has 21 heavy (non-hydrogen) atoms. The molecule has 0 fully saturated rings. The Morgan fingerprint density at radius 1 is 1.33 bits per heavy atom. The Balaban J connectivity index is 2.24. The van der Waals surface area contributed by atoms with E-state index in [1.54, 1.807) is 24.3 Å². The van der Waals surface area contributed by atoms with Gasteiger partial charge >= 0.3 is 5.97 Å². The molecule has 2 N–H and O–H groups in total. The van der Waals surface area contributed by atoms with Crippen LogP contribution in [0.25, 0.3) is 10.9 Å². The van der Waals surface area contributed by atoms with E-state index in [9.17, 15) is 9.59 Å². The van der Waals surface area contributed by atoms with Crippen LogP contribution in [0, 0.1) is 0 Å². The molecule has 0 saturated heterocycles. The molecule has 2 rings (SSSR count). The molecular formula is C15H15ClN2O3. The quantitative estimate of drug-likeness (QED) is 0.890. The molecule has 0 spiro atoms. The topological polar surface area (TPSA) is 79.3 Å². The van der Waals surface area contributed by atoms with Crippen molar-refractivity contribution in [3.63, 3.8) is 0 Å². The van der Waals surface area contributed by atoms with Gasteiger partial charge in [0.15, 0.2) is 0 Å². The number of carbonyl (C=O) groups excluding carboxylic acids is 1. The van der Waals surface area contributed by atoms with Gasteiger partial charge in [-0.1, -0.05) is 37.1 Å². The molecule has 1 heterocycles. The lowest BCUT2D eigenvalue weighted by atomic mass is 10.1. The lowest BCUT2D eigenvalue weighted by molar-refractivity contribution is -0.139. The van der Waals surface area contributed by atoms with Crippen molar-refractivity contribution in [2.75, 3.05) is 0 Å². The van der Waals surface area contributed by atoms with Crippen LogP contribution in [0.2, 0.25) is 5.02 Å². The van der Waals surface area contributed by atoms with Gasteiger partial charge in [-0.05, 0) is 24.6 Å². The van der Waals surface area contributed by atoms with Crippen LogP contribution >= 0.6 is 11.6 Å². The van der Waals surface area contributed by atoms with Gasteiger partial charge in [0.25, 0.3) is 5.91 Å². The number of rotatable bonds is 5. The molecular weight excluding hydrogens is 292 g/mol. The van der Waals surface area contributed by atoms with Gasteiger partial charge in [-0.2, -0.15) is 0 Å². The van der Waals surface area contributed by atoms with Gasteiger partial charge in [0.1, 0.15) is 11.7 Å². The zero-order chi connectivity index (χ0) is 15.4. The lowest BCUT2D eigenvalue weighted by Gasteiger charge is -2.13. The van der Waals surface area contributed by atoms with E-state index in [-0.39, 0.29) is 5.69 Å². The lowest BCUT2D eigenvalue weighted by Crippen LogP contribution is -2.40. The number of carboxylic acid groups (broad SMARTS) is 1. The highest BCUT2D eigenvalue weighted by molar-refractivity contribution is 6.31. The summed E-state index contributed by atoms with van der Waals surface area (Å²) < 4.78 is 0. The number of carbonyl (C=O) groups is 2. The Morgan fingerprint density at radius 2 is 2.05 bits per heavy atom. The zero-order valence-electron chi connectivity index (χ0n) is 11.5. The minimum atomic E-state index is -1.05. The predicted octanol–water partition coefficient (Wildman–Crippen LogP) is 2.87. The second-order valence-corrected chi connectivity index (χ2v) is 5.12. The minimum Gasteiger partial charge on any atom is -0.480 e. The van der Waals surface area contributed by atoms with E-state index >= 15 is 0 Å². The Kier molecular flexibility index (Phi) is 4.75. The number of aromatic nitrogens is 1. The maximum absolute atomic E-state index is 12.1. The smallest absolute Gasteiger partial charge is 0.326 e. The number of nitrogens with one attached hydrogen (secondary N) is 1. The highest BCUT2D eigenvalue weighted by atomic mass is 35.5. The van der Waals surface area contributed by atoms with Gasteiger partial charge in [0, 0.05) is 10.4 Å². The summed E-state index contributed by atoms with van der Waals surface area (Å²) in [6.45, 7) is 1.86. The van der Waals surface area contributed by atoms with Crippen molar-refractivity contribution < 1.29 is 14.7 Å². The number of fused-ring (bicyclic) bond motifs is 1. The summed E-state index contributed by atoms with van der Waals surface area (Å²) >= 11 is 5.90. The van der Waals surface area contributed by atoms with Crippen LogP contribution in [0.4, 0.5) is 0 Å². The Morgan fingerprint density at radius 3 is 2.71 bits per heavy atom. The van der Waals surface area contributed by atoms with Crippen molar-refractivity contribution >= 4 is 34.4 Å². The number of pyridine rings is 1. The predicted molar refractivity (Wildman–Crippen MR) is 80.6 cm³/mol. The third-order valence-corrected chi connectivity index (χ3v) is 3.30. The van der Waals surface area contributed by atoms with E-state index in [0.29, 0.717) is 23.4 Å². The summed E-state index contributed by atoms with van der Waals surface area (Å²) in [5.41, 5.74) is 0.768. The Labute approximate surface area is 126 Å². The van der Waals surface area contributed by atoms with Gasteiger partial charge in [0.05, 0.1) is 5.52 Å². The van der Waals surface area contributed by atoms with E-state index in [2.05, 4.69) is 10.3 Å². The third-order valence-electron chi connectivity index (χ3n) is 3.07. The molecule has 110 valence electrons. The van der Waals surface area contributed by atoms with Gasteiger partial charge in [0.2, 0.25) is 0 Å². The maximum Gasteiger partial charge on any atom is 0.326 e. The highest BCUT2D eigenvalue weighted by Gasteiger charge is 2.20. The third kappa shape index (κ3) is 3.70. The maximum atomic E-state index is 12.1. The van der Waals surface area contributed by atoms with Crippen LogP contribution in [0.5, 0.6) is 0 Å². The van der Waals surface area contributed by atoms with E-state index < -0.39 is 17.9 Å². The van der Waals surface area contributed by atoms with Crippen molar-refractivity contribution in [3.8, 4) is 0 Å². The number of carboxylic acids is 1. The molecule has 1 aromatic heterocycles. The SMILES string of the molecule is CCCC(NC(=O)c1ccc2ccc(Cl)cc2n1)C(=O)O. The molecule has 2 aromatic rings. The van der Waals surface area contributed by atoms with Gasteiger partial charge < -0.3 is 10.4 Å². The Bertz CT molecular complexity index is 688. The fourth-order valence-electron chi connectivity index (χ4n) is 2.00. The normalized spacial score (nSPS) is 12.1. The van der Waals surface area contributed by atoms with E-state index in [4.69, 9.17) is 16.7 Å². The molecule has 1 unspecified atom stereocenters. The standard InChI is InChI=1S/C15H15ClN2O3/c1-2-3-12(15(20)21)18-14(19)11-7-5-9-4-6-10(16)8-13(9)17-11/h4-8,12H,2-3H2,1H3,(H,18,19)(H,20,21). The fraction of sp³-hybridized carbons (Fsp3) is 0.267. The first-order valence-corrected chi connectivity index (χ1v) is 6.99. The molecule has 0 aliphatic carbocycles. The summed E-state index contributed by atoms with van der Waals surface area (Å²) in [4.78, 5) is 27.4. The zero-order valence-corrected chi connectivity index (χ0v) is 12.2. The molecule has 5 nitrogen and oxygen atoms in total. The second-order valence-electron chi connectivity index (χ2n) is 4.69. The minimum absolute atomic E-state index is 0.173. The van der Waals surface area contributed by atoms with Crippen molar-refractivity contribution in [3.05, 3.63) is 41.0 Å². The van der Waals surface area contributed by atoms with Gasteiger partial charge in [-0.25, -0.2) is 9.78 Å². The number of aliphatic carboxylic acids is 1. The van der Waals surface area contributed by atoms with Crippen LogP contribution in [0.3, 0.4) is 0 Å². The second kappa shape index (κ2) is 6.54. The van der Waals surface area contributed by atoms with Crippen molar-refractivity contribution in [1.29, 1.82) is 0 Å². The molecule has 1 aromatic carbocycles. The first-order valence-electron chi connectivity index (χ1n) is 6.61. The van der Waals surface area contributed by atoms with E-state index in [1.165, 1.54) is 0 Å². The number of hydrogen-bond donors (Lipinski definition) is 2. The first kappa shape index (κ1) is 15.3. The van der Waals surface area contributed by atoms with Crippen molar-refractivity contribution in [2.24, 2.45) is 0 Å². The molecule has 0 saturated carbocycles. The monoisotopic (exact) mass is 306 g/mol. The molecule has 1 amide bonds. The average molecular weight is 307 g/mol. The summed E-state index contributed by atoms with van der Waals surface area (Å²) in [5.74, 6) is -1.55. The van der Waals surface area contributed by atoms with Crippen LogP contribution in [-0.4, -0.2) is 28.0 Å². The number of hydrogen-bond acceptors (Lipinski definition) is 3. The summed E-state index contributed by atoms with van der Waals surface area (Å²) in [7, 11) is 0. The van der Waals surface area contributed by atoms with Gasteiger partial charge in [-0.15, -0.1) is 0 Å². The summed E-state index contributed by atoms with van der Waals surface area (Å²) in [6.07, 6.45) is 1.04. The molecule has 0 bridgehead atoms. The number of amides is 1. The fourth-order valence-corrected chi connectivity index (χ4v) is 2.16. The molecule has 0 radical (unpaired) electrons. The van der Waals surface area contributed by atoms with Crippen molar-refractivity contribution in [1.82, 2.24) is 10.3 Å². The van der Waals surface area contributed by atoms with Crippen LogP contribution in [-0.2, 0) is 4.79 Å². The Hall–Kier alpha value is -2.14. The van der Waals surface area contributed by atoms with Crippen molar-refractivity contribution in [2.45, 2.75) is 25.8 Å². The largest absolute Gasteiger partial charge is 0.480 e.